The van der Waals surface area contributed by atoms with E-state index in [1.165, 1.54) is 38.3 Å². The van der Waals surface area contributed by atoms with Crippen molar-refractivity contribution in [1.29, 1.82) is 0 Å². The third-order valence-electron chi connectivity index (χ3n) is 4.19. The number of hydrogen-bond donors (Lipinski definition) is 1. The molecule has 1 aromatic rings. The fourth-order valence-corrected chi connectivity index (χ4v) is 3.45. The van der Waals surface area contributed by atoms with E-state index in [9.17, 15) is 9.59 Å². The molecule has 24 heavy (non-hydrogen) atoms. The first kappa shape index (κ1) is 19.4. The topological polar surface area (TPSA) is 55.4 Å². The molecule has 2 rings (SSSR count). The Balaban J connectivity index is 1.91. The Labute approximate surface area is 156 Å². The first-order valence-electron chi connectivity index (χ1n) is 8.02. The maximum atomic E-state index is 12.2. The molecule has 0 unspecified atom stereocenters. The van der Waals surface area contributed by atoms with E-state index in [4.69, 9.17) is 39.5 Å². The number of rotatable bonds is 5. The minimum Gasteiger partial charge on any atom is -0.449 e. The van der Waals surface area contributed by atoms with Crippen LogP contribution in [0.2, 0.25) is 15.1 Å². The maximum Gasteiger partial charge on any atom is 0.342 e. The van der Waals surface area contributed by atoms with Crippen molar-refractivity contribution in [2.75, 3.05) is 6.54 Å². The highest BCUT2D eigenvalue weighted by Crippen LogP contribution is 2.32. The van der Waals surface area contributed by atoms with E-state index in [2.05, 4.69) is 5.32 Å². The Hall–Kier alpha value is -0.970. The molecule has 0 saturated heterocycles. The van der Waals surface area contributed by atoms with Crippen LogP contribution in [-0.4, -0.2) is 24.5 Å². The van der Waals surface area contributed by atoms with Crippen molar-refractivity contribution in [1.82, 2.24) is 5.32 Å². The Morgan fingerprint density at radius 3 is 2.46 bits per heavy atom. The van der Waals surface area contributed by atoms with Crippen molar-refractivity contribution in [2.45, 2.75) is 45.1 Å². The molecule has 132 valence electrons. The van der Waals surface area contributed by atoms with Crippen LogP contribution in [0.15, 0.2) is 12.1 Å². The highest BCUT2D eigenvalue weighted by Gasteiger charge is 2.24. The average Bonchev–Trinajstić information content (AvgIpc) is 2.57. The smallest absolute Gasteiger partial charge is 0.342 e. The van der Waals surface area contributed by atoms with Crippen LogP contribution in [0.4, 0.5) is 0 Å². The summed E-state index contributed by atoms with van der Waals surface area (Å²) in [6.07, 6.45) is 4.99. The van der Waals surface area contributed by atoms with Crippen molar-refractivity contribution in [3.05, 3.63) is 32.8 Å². The second-order valence-electron chi connectivity index (χ2n) is 6.01. The van der Waals surface area contributed by atoms with Gasteiger partial charge in [-0.2, -0.15) is 0 Å². The summed E-state index contributed by atoms with van der Waals surface area (Å²) in [6, 6.07) is 2.95. The third-order valence-corrected chi connectivity index (χ3v) is 5.31. The summed E-state index contributed by atoms with van der Waals surface area (Å²) >= 11 is 17.9. The zero-order chi connectivity index (χ0) is 17.7. The molecule has 0 bridgehead atoms. The third kappa shape index (κ3) is 5.01. The summed E-state index contributed by atoms with van der Waals surface area (Å²) in [6.45, 7) is 2.12. The summed E-state index contributed by atoms with van der Waals surface area (Å²) < 4.78 is 5.18. The van der Waals surface area contributed by atoms with Crippen LogP contribution < -0.4 is 5.32 Å². The number of esters is 1. The molecule has 4 nitrogen and oxygen atoms in total. The lowest BCUT2D eigenvalue weighted by molar-refractivity contribution is -0.129. The normalized spacial score (nSPS) is 16.5. The first-order valence-corrected chi connectivity index (χ1v) is 9.15. The number of hydrogen-bond acceptors (Lipinski definition) is 3. The van der Waals surface area contributed by atoms with Crippen LogP contribution >= 0.6 is 34.8 Å². The van der Waals surface area contributed by atoms with Crippen LogP contribution in [0.25, 0.3) is 0 Å². The van der Waals surface area contributed by atoms with Gasteiger partial charge in [0, 0.05) is 6.54 Å². The van der Waals surface area contributed by atoms with Crippen LogP contribution in [-0.2, 0) is 9.53 Å². The van der Waals surface area contributed by atoms with Gasteiger partial charge in [-0.1, -0.05) is 54.1 Å². The number of carbonyl (C=O) groups is 2. The van der Waals surface area contributed by atoms with E-state index >= 15 is 0 Å². The van der Waals surface area contributed by atoms with Crippen LogP contribution in [0.3, 0.4) is 0 Å². The predicted octanol–water partition coefficient (Wildman–Crippen LogP) is 4.89. The van der Waals surface area contributed by atoms with Crippen molar-refractivity contribution < 1.29 is 14.3 Å². The van der Waals surface area contributed by atoms with Gasteiger partial charge in [0.1, 0.15) is 0 Å². The number of carbonyl (C=O) groups excluding carboxylic acids is 2. The largest absolute Gasteiger partial charge is 0.449 e. The van der Waals surface area contributed by atoms with Gasteiger partial charge in [-0.3, -0.25) is 4.79 Å². The van der Waals surface area contributed by atoms with Gasteiger partial charge in [0.25, 0.3) is 5.91 Å². The molecule has 0 radical (unpaired) electrons. The van der Waals surface area contributed by atoms with E-state index in [-0.39, 0.29) is 26.5 Å². The minimum absolute atomic E-state index is 0.0176. The van der Waals surface area contributed by atoms with E-state index in [1.54, 1.807) is 0 Å². The van der Waals surface area contributed by atoms with Gasteiger partial charge in [-0.15, -0.1) is 0 Å². The van der Waals surface area contributed by atoms with Gasteiger partial charge in [-0.25, -0.2) is 4.79 Å². The monoisotopic (exact) mass is 391 g/mol. The molecule has 0 aromatic heterocycles. The highest BCUT2D eigenvalue weighted by atomic mass is 35.5. The molecule has 1 saturated carbocycles. The fourth-order valence-electron chi connectivity index (χ4n) is 2.77. The molecule has 1 fully saturated rings. The van der Waals surface area contributed by atoms with Gasteiger partial charge in [0.15, 0.2) is 6.10 Å². The zero-order valence-electron chi connectivity index (χ0n) is 13.4. The van der Waals surface area contributed by atoms with Crippen molar-refractivity contribution in [3.63, 3.8) is 0 Å². The summed E-state index contributed by atoms with van der Waals surface area (Å²) in [5.41, 5.74) is -0.0298. The molecule has 1 amide bonds. The van der Waals surface area contributed by atoms with Gasteiger partial charge >= 0.3 is 5.97 Å². The van der Waals surface area contributed by atoms with Gasteiger partial charge in [0.2, 0.25) is 0 Å². The lowest BCUT2D eigenvalue weighted by Crippen LogP contribution is -2.38. The number of ether oxygens (including phenoxy) is 1. The molecule has 0 spiro atoms. The number of amides is 1. The van der Waals surface area contributed by atoms with Gasteiger partial charge < -0.3 is 10.1 Å². The molecule has 1 aliphatic carbocycles. The molecule has 1 atom stereocenters. The molecule has 0 aliphatic heterocycles. The number of nitrogens with one attached hydrogen (secondary N) is 1. The SMILES string of the molecule is C[C@@H](OC(=O)c1c(Cl)ccc(Cl)c1Cl)C(=O)NCC1CCCCC1. The quantitative estimate of drug-likeness (QED) is 0.573. The predicted molar refractivity (Wildman–Crippen MR) is 95.9 cm³/mol. The Morgan fingerprint density at radius 1 is 1.17 bits per heavy atom. The van der Waals surface area contributed by atoms with E-state index in [0.717, 1.165) is 12.8 Å². The first-order chi connectivity index (χ1) is 11.4. The van der Waals surface area contributed by atoms with Crippen molar-refractivity contribution in [2.24, 2.45) is 5.92 Å². The highest BCUT2D eigenvalue weighted by molar-refractivity contribution is 6.46. The number of halogens is 3. The zero-order valence-corrected chi connectivity index (χ0v) is 15.7. The van der Waals surface area contributed by atoms with Gasteiger partial charge in [-0.05, 0) is 37.8 Å². The Kier molecular flexibility index (Phi) is 7.20. The summed E-state index contributed by atoms with van der Waals surface area (Å²) in [5, 5.41) is 3.18. The van der Waals surface area contributed by atoms with E-state index in [1.807, 2.05) is 0 Å². The standard InChI is InChI=1S/C17H20Cl3NO3/c1-10(16(22)21-9-11-5-3-2-4-6-11)24-17(23)14-12(18)7-8-13(19)15(14)20/h7-8,10-11H,2-6,9H2,1H3,(H,21,22)/t10-/m1/s1. The van der Waals surface area contributed by atoms with Gasteiger partial charge in [0.05, 0.1) is 20.6 Å². The van der Waals surface area contributed by atoms with Crippen molar-refractivity contribution >= 4 is 46.7 Å². The van der Waals surface area contributed by atoms with Crippen LogP contribution in [0, 0.1) is 5.92 Å². The number of benzene rings is 1. The van der Waals surface area contributed by atoms with E-state index in [0.29, 0.717) is 12.5 Å². The summed E-state index contributed by atoms with van der Waals surface area (Å²) in [4.78, 5) is 24.3. The van der Waals surface area contributed by atoms with Crippen LogP contribution in [0.5, 0.6) is 0 Å². The molecular weight excluding hydrogens is 373 g/mol. The van der Waals surface area contributed by atoms with Crippen LogP contribution in [0.1, 0.15) is 49.4 Å². The minimum atomic E-state index is -0.938. The molecule has 1 aliphatic rings. The fraction of sp³-hybridized carbons (Fsp3) is 0.529. The molecule has 1 aromatic carbocycles. The summed E-state index contributed by atoms with van der Waals surface area (Å²) in [5.74, 6) is -0.599. The molecule has 1 N–H and O–H groups in total. The molecule has 7 heteroatoms. The molecule has 0 heterocycles. The lowest BCUT2D eigenvalue weighted by atomic mass is 9.89. The Bertz CT molecular complexity index is 615. The maximum absolute atomic E-state index is 12.2. The molecular formula is C17H20Cl3NO3. The lowest BCUT2D eigenvalue weighted by Gasteiger charge is -2.22. The average molecular weight is 393 g/mol. The summed E-state index contributed by atoms with van der Waals surface area (Å²) in [7, 11) is 0. The second kappa shape index (κ2) is 8.93. The second-order valence-corrected chi connectivity index (χ2v) is 7.21. The van der Waals surface area contributed by atoms with E-state index < -0.39 is 12.1 Å². The Morgan fingerprint density at radius 2 is 1.79 bits per heavy atom. The van der Waals surface area contributed by atoms with Crippen molar-refractivity contribution in [3.8, 4) is 0 Å².